The molecule has 0 bridgehead atoms. The molecule has 5 rings (SSSR count). The van der Waals surface area contributed by atoms with Crippen molar-refractivity contribution < 1.29 is 9.18 Å². The molecule has 1 aliphatic carbocycles. The zero-order chi connectivity index (χ0) is 21.4. The van der Waals surface area contributed by atoms with E-state index in [1.807, 2.05) is 5.38 Å². The third-order valence-electron chi connectivity index (χ3n) is 5.21. The summed E-state index contributed by atoms with van der Waals surface area (Å²) in [4.78, 5) is 29.7. The third-order valence-corrected chi connectivity index (χ3v) is 8.31. The number of para-hydroxylation sites is 1. The zero-order valence-corrected chi connectivity index (χ0v) is 19.2. The van der Waals surface area contributed by atoms with Crippen LogP contribution in [-0.4, -0.2) is 20.9 Å². The summed E-state index contributed by atoms with van der Waals surface area (Å²) in [5.74, 6) is -0.105. The number of thioether (sulfide) groups is 1. The molecule has 3 aromatic heterocycles. The number of fused-ring (bicyclic) bond motifs is 3. The summed E-state index contributed by atoms with van der Waals surface area (Å²) in [7, 11) is 0. The molecule has 1 aromatic carbocycles. The normalized spacial score (nSPS) is 13.4. The van der Waals surface area contributed by atoms with E-state index in [-0.39, 0.29) is 11.6 Å². The molecule has 1 aliphatic rings. The molecule has 158 valence electrons. The number of benzene rings is 1. The summed E-state index contributed by atoms with van der Waals surface area (Å²) in [6.07, 6.45) is 6.31. The number of carbonyl (C=O) groups excluding carboxylic acids is 1. The first-order valence-electron chi connectivity index (χ1n) is 9.99. The van der Waals surface area contributed by atoms with Crippen molar-refractivity contribution in [2.75, 3.05) is 4.90 Å². The van der Waals surface area contributed by atoms with E-state index in [0.717, 1.165) is 28.4 Å². The minimum Gasteiger partial charge on any atom is -0.274 e. The van der Waals surface area contributed by atoms with Gasteiger partial charge in [-0.3, -0.25) is 9.69 Å². The van der Waals surface area contributed by atoms with Crippen LogP contribution in [0.4, 0.5) is 15.2 Å². The topological polar surface area (TPSA) is 59.0 Å². The molecule has 0 saturated carbocycles. The molecular formula is C22H19FN4OS3. The summed E-state index contributed by atoms with van der Waals surface area (Å²) in [5, 5.41) is 4.56. The van der Waals surface area contributed by atoms with Crippen molar-refractivity contribution in [3.63, 3.8) is 0 Å². The van der Waals surface area contributed by atoms with Gasteiger partial charge < -0.3 is 0 Å². The van der Waals surface area contributed by atoms with E-state index in [1.165, 1.54) is 57.9 Å². The molecule has 0 N–H and O–H groups in total. The molecule has 4 aromatic rings. The van der Waals surface area contributed by atoms with Gasteiger partial charge in [0.2, 0.25) is 5.91 Å². The molecule has 1 amide bonds. The van der Waals surface area contributed by atoms with Crippen LogP contribution >= 0.6 is 34.4 Å². The average molecular weight is 471 g/mol. The van der Waals surface area contributed by atoms with Crippen LogP contribution in [0.25, 0.3) is 10.2 Å². The molecule has 0 saturated heterocycles. The van der Waals surface area contributed by atoms with Gasteiger partial charge in [0.25, 0.3) is 0 Å². The Hall–Kier alpha value is -2.36. The van der Waals surface area contributed by atoms with Crippen LogP contribution in [0.5, 0.6) is 0 Å². The van der Waals surface area contributed by atoms with Gasteiger partial charge in [-0.15, -0.1) is 22.7 Å². The van der Waals surface area contributed by atoms with Gasteiger partial charge in [0, 0.05) is 28.3 Å². The minimum absolute atomic E-state index is 0.214. The number of amides is 1. The van der Waals surface area contributed by atoms with Gasteiger partial charge in [-0.05, 0) is 43.4 Å². The first-order valence-corrected chi connectivity index (χ1v) is 12.7. The van der Waals surface area contributed by atoms with Gasteiger partial charge in [-0.2, -0.15) is 0 Å². The van der Waals surface area contributed by atoms with E-state index in [2.05, 4.69) is 15.0 Å². The Kier molecular flexibility index (Phi) is 5.73. The van der Waals surface area contributed by atoms with Crippen LogP contribution in [0.3, 0.4) is 0 Å². The maximum absolute atomic E-state index is 14.3. The van der Waals surface area contributed by atoms with Gasteiger partial charge >= 0.3 is 0 Å². The molecule has 9 heteroatoms. The van der Waals surface area contributed by atoms with Crippen LogP contribution in [0.15, 0.2) is 41.0 Å². The van der Waals surface area contributed by atoms with Gasteiger partial charge in [0.1, 0.15) is 22.0 Å². The number of thiazole rings is 1. The molecule has 0 aliphatic heterocycles. The van der Waals surface area contributed by atoms with Crippen LogP contribution in [0.1, 0.15) is 35.9 Å². The van der Waals surface area contributed by atoms with Crippen molar-refractivity contribution in [3.8, 4) is 0 Å². The van der Waals surface area contributed by atoms with Gasteiger partial charge in [-0.1, -0.05) is 23.9 Å². The van der Waals surface area contributed by atoms with Crippen molar-refractivity contribution in [2.24, 2.45) is 0 Å². The van der Waals surface area contributed by atoms with Crippen LogP contribution < -0.4 is 4.90 Å². The number of hydrogen-bond donors (Lipinski definition) is 0. The highest BCUT2D eigenvalue weighted by molar-refractivity contribution is 7.98. The lowest BCUT2D eigenvalue weighted by molar-refractivity contribution is -0.115. The standard InChI is InChI=1S/C22H19FN4OS3/c1-13(28)27(17-8-4-3-7-16(17)23)22-26-14(11-30-22)10-29-20-19-15-6-2-5-9-18(15)31-21(19)25-12-24-20/h3-4,7-8,11-12H,2,5-6,9-10H2,1H3. The molecule has 0 radical (unpaired) electrons. The van der Waals surface area contributed by atoms with Crippen LogP contribution in [0.2, 0.25) is 0 Å². The second-order valence-corrected chi connectivity index (χ2v) is 10.2. The lowest BCUT2D eigenvalue weighted by atomic mass is 9.97. The molecule has 5 nitrogen and oxygen atoms in total. The first-order chi connectivity index (χ1) is 15.1. The highest BCUT2D eigenvalue weighted by Crippen LogP contribution is 2.40. The van der Waals surface area contributed by atoms with E-state index < -0.39 is 5.82 Å². The number of thiophene rings is 1. The van der Waals surface area contributed by atoms with Gasteiger partial charge in [0.05, 0.1) is 11.4 Å². The molecule has 0 atom stereocenters. The predicted octanol–water partition coefficient (Wildman–Crippen LogP) is 6.14. The molecule has 31 heavy (non-hydrogen) atoms. The molecule has 0 fully saturated rings. The van der Waals surface area contributed by atoms with Crippen LogP contribution in [-0.2, 0) is 23.4 Å². The predicted molar refractivity (Wildman–Crippen MR) is 125 cm³/mol. The third kappa shape index (κ3) is 3.97. The largest absolute Gasteiger partial charge is 0.274 e. The smallest absolute Gasteiger partial charge is 0.230 e. The summed E-state index contributed by atoms with van der Waals surface area (Å²) in [5.41, 5.74) is 2.46. The Balaban J connectivity index is 1.40. The number of rotatable bonds is 5. The lowest BCUT2D eigenvalue weighted by Crippen LogP contribution is -2.23. The number of halogens is 1. The number of aromatic nitrogens is 3. The highest BCUT2D eigenvalue weighted by atomic mass is 32.2. The highest BCUT2D eigenvalue weighted by Gasteiger charge is 2.22. The zero-order valence-electron chi connectivity index (χ0n) is 16.8. The minimum atomic E-state index is -0.450. The summed E-state index contributed by atoms with van der Waals surface area (Å²) < 4.78 is 14.3. The maximum atomic E-state index is 14.3. The van der Waals surface area contributed by atoms with Crippen molar-refractivity contribution >= 4 is 61.4 Å². The maximum Gasteiger partial charge on any atom is 0.230 e. The first kappa shape index (κ1) is 20.5. The Labute approximate surface area is 191 Å². The molecule has 3 heterocycles. The average Bonchev–Trinajstić information content (AvgIpc) is 3.38. The van der Waals surface area contributed by atoms with E-state index in [0.29, 0.717) is 10.9 Å². The van der Waals surface area contributed by atoms with Crippen LogP contribution in [0, 0.1) is 5.82 Å². The fraction of sp³-hybridized carbons (Fsp3) is 0.273. The second kappa shape index (κ2) is 8.64. The van der Waals surface area contributed by atoms with E-state index >= 15 is 0 Å². The number of anilines is 2. The molecule has 0 unspecified atom stereocenters. The number of carbonyl (C=O) groups is 1. The molecule has 0 spiro atoms. The fourth-order valence-corrected chi connectivity index (χ4v) is 7.02. The van der Waals surface area contributed by atoms with E-state index in [1.54, 1.807) is 47.6 Å². The Bertz CT molecular complexity index is 1270. The van der Waals surface area contributed by atoms with Crippen molar-refractivity contribution in [2.45, 2.75) is 43.4 Å². The Morgan fingerprint density at radius 2 is 2.06 bits per heavy atom. The Morgan fingerprint density at radius 3 is 2.90 bits per heavy atom. The van der Waals surface area contributed by atoms with E-state index in [4.69, 9.17) is 0 Å². The molecular weight excluding hydrogens is 451 g/mol. The number of hydrogen-bond acceptors (Lipinski definition) is 7. The van der Waals surface area contributed by atoms with Crippen molar-refractivity contribution in [1.82, 2.24) is 15.0 Å². The second-order valence-electron chi connectivity index (χ2n) is 7.29. The fourth-order valence-electron chi connectivity index (χ4n) is 3.82. The van der Waals surface area contributed by atoms with Gasteiger partial charge in [-0.25, -0.2) is 19.3 Å². The van der Waals surface area contributed by atoms with E-state index in [9.17, 15) is 9.18 Å². The van der Waals surface area contributed by atoms with Crippen molar-refractivity contribution in [1.29, 1.82) is 0 Å². The summed E-state index contributed by atoms with van der Waals surface area (Å²) in [6, 6.07) is 6.24. The number of aryl methyl sites for hydroxylation is 2. The lowest BCUT2D eigenvalue weighted by Gasteiger charge is -2.18. The van der Waals surface area contributed by atoms with Gasteiger partial charge in [0.15, 0.2) is 5.13 Å². The Morgan fingerprint density at radius 1 is 1.23 bits per heavy atom. The quantitative estimate of drug-likeness (QED) is 0.259. The van der Waals surface area contributed by atoms with Crippen molar-refractivity contribution in [3.05, 3.63) is 57.9 Å². The summed E-state index contributed by atoms with van der Waals surface area (Å²) in [6.45, 7) is 1.42. The monoisotopic (exact) mass is 470 g/mol. The number of nitrogens with zero attached hydrogens (tertiary/aromatic N) is 4. The SMILES string of the molecule is CC(=O)N(c1nc(CSc2ncnc3sc4c(c23)CCCC4)cs1)c1ccccc1F. The summed E-state index contributed by atoms with van der Waals surface area (Å²) >= 11 is 4.76.